The number of rotatable bonds is 4. The molecule has 2 aromatic rings. The first-order valence-corrected chi connectivity index (χ1v) is 9.77. The second-order valence-electron chi connectivity index (χ2n) is 6.19. The van der Waals surface area contributed by atoms with Crippen LogP contribution < -0.4 is 10.2 Å². The summed E-state index contributed by atoms with van der Waals surface area (Å²) in [4.78, 5) is 3.87. The largest absolute Gasteiger partial charge is 0.338 e. The topological polar surface area (TPSA) is 19.7 Å². The third-order valence-electron chi connectivity index (χ3n) is 4.37. The van der Waals surface area contributed by atoms with Gasteiger partial charge in [-0.2, -0.15) is 0 Å². The number of benzene rings is 2. The minimum Gasteiger partial charge on any atom is -0.338 e. The Balaban J connectivity index is 1.42. The van der Waals surface area contributed by atoms with Gasteiger partial charge in [0, 0.05) is 10.2 Å². The van der Waals surface area contributed by atoms with Crippen molar-refractivity contribution in [2.75, 3.05) is 38.0 Å². The van der Waals surface area contributed by atoms with E-state index in [2.05, 4.69) is 62.6 Å². The molecule has 1 heterocycles. The summed E-state index contributed by atoms with van der Waals surface area (Å²) in [5, 5.41) is 4.15. The molecule has 5 heteroatoms. The van der Waals surface area contributed by atoms with Crippen molar-refractivity contribution >= 4 is 45.0 Å². The second kappa shape index (κ2) is 9.13. The van der Waals surface area contributed by atoms with E-state index in [-0.39, 0.29) is 0 Å². The van der Waals surface area contributed by atoms with Gasteiger partial charge in [-0.25, -0.2) is 0 Å². The van der Waals surface area contributed by atoms with Gasteiger partial charge in [0.1, 0.15) is 0 Å². The molecular weight excluding hydrogens is 394 g/mol. The van der Waals surface area contributed by atoms with Crippen LogP contribution in [0.5, 0.6) is 0 Å². The van der Waals surface area contributed by atoms with E-state index in [4.69, 9.17) is 12.2 Å². The Labute approximate surface area is 163 Å². The van der Waals surface area contributed by atoms with Crippen LogP contribution >= 0.6 is 28.1 Å². The lowest BCUT2D eigenvalue weighted by atomic mass is 10.2. The molecule has 1 aliphatic heterocycles. The van der Waals surface area contributed by atoms with Crippen LogP contribution in [0, 0.1) is 0 Å². The molecule has 0 saturated carbocycles. The predicted octanol–water partition coefficient (Wildman–Crippen LogP) is 3.06. The fourth-order valence-corrected chi connectivity index (χ4v) is 3.46. The van der Waals surface area contributed by atoms with Crippen LogP contribution in [-0.4, -0.2) is 42.7 Å². The summed E-state index contributed by atoms with van der Waals surface area (Å²) in [6.07, 6.45) is 4.48. The molecular formula is C20H23BrN3S+. The fourth-order valence-electron chi connectivity index (χ4n) is 2.89. The van der Waals surface area contributed by atoms with E-state index < -0.39 is 0 Å². The van der Waals surface area contributed by atoms with Crippen molar-refractivity contribution in [2.24, 2.45) is 0 Å². The average Bonchev–Trinajstić information content (AvgIpc) is 2.65. The van der Waals surface area contributed by atoms with E-state index in [9.17, 15) is 0 Å². The standard InChI is InChI=1S/C20H22BrN3S/c21-18-8-10-19(11-9-18)22-20(25)24-15-13-23(14-16-24)12-4-7-17-5-2-1-3-6-17/h1-11H,12-16H2,(H,22,25)/p+1/b7-4+. The van der Waals surface area contributed by atoms with Gasteiger partial charge in [-0.1, -0.05) is 52.3 Å². The van der Waals surface area contributed by atoms with E-state index in [1.54, 1.807) is 4.90 Å². The Morgan fingerprint density at radius 3 is 2.44 bits per heavy atom. The predicted molar refractivity (Wildman–Crippen MR) is 113 cm³/mol. The summed E-state index contributed by atoms with van der Waals surface area (Å²) in [7, 11) is 0. The number of hydrogen-bond donors (Lipinski definition) is 2. The maximum atomic E-state index is 5.56. The summed E-state index contributed by atoms with van der Waals surface area (Å²) in [5.41, 5.74) is 2.30. The molecule has 3 nitrogen and oxygen atoms in total. The lowest BCUT2D eigenvalue weighted by Gasteiger charge is -2.33. The Morgan fingerprint density at radius 2 is 1.76 bits per heavy atom. The molecule has 0 spiro atoms. The van der Waals surface area contributed by atoms with Crippen molar-refractivity contribution in [1.29, 1.82) is 0 Å². The van der Waals surface area contributed by atoms with E-state index in [0.29, 0.717) is 0 Å². The molecule has 2 N–H and O–H groups in total. The van der Waals surface area contributed by atoms with E-state index >= 15 is 0 Å². The van der Waals surface area contributed by atoms with Crippen LogP contribution in [0.15, 0.2) is 65.1 Å². The highest BCUT2D eigenvalue weighted by Crippen LogP contribution is 2.14. The van der Waals surface area contributed by atoms with Gasteiger partial charge in [-0.3, -0.25) is 0 Å². The highest BCUT2D eigenvalue weighted by atomic mass is 79.9. The Morgan fingerprint density at radius 1 is 1.08 bits per heavy atom. The molecule has 1 fully saturated rings. The van der Waals surface area contributed by atoms with Gasteiger partial charge >= 0.3 is 0 Å². The third-order valence-corrected chi connectivity index (χ3v) is 5.26. The highest BCUT2D eigenvalue weighted by Gasteiger charge is 2.20. The minimum atomic E-state index is 0.821. The maximum absolute atomic E-state index is 5.56. The first kappa shape index (κ1) is 18.1. The molecule has 0 unspecified atom stereocenters. The van der Waals surface area contributed by atoms with Gasteiger partial charge in [0.2, 0.25) is 0 Å². The fraction of sp³-hybridized carbons (Fsp3) is 0.250. The van der Waals surface area contributed by atoms with Crippen LogP contribution in [0.3, 0.4) is 0 Å². The summed E-state index contributed by atoms with van der Waals surface area (Å²) < 4.78 is 1.07. The lowest BCUT2D eigenvalue weighted by molar-refractivity contribution is -0.897. The molecule has 2 aromatic carbocycles. The molecule has 0 aliphatic carbocycles. The van der Waals surface area contributed by atoms with Crippen molar-refractivity contribution in [3.63, 3.8) is 0 Å². The second-order valence-corrected chi connectivity index (χ2v) is 7.49. The number of hydrogen-bond acceptors (Lipinski definition) is 1. The molecule has 0 aromatic heterocycles. The number of nitrogens with zero attached hydrogens (tertiary/aromatic N) is 1. The molecule has 0 atom stereocenters. The van der Waals surface area contributed by atoms with Crippen LogP contribution in [0.1, 0.15) is 5.56 Å². The molecule has 0 radical (unpaired) electrons. The number of anilines is 1. The first-order valence-electron chi connectivity index (χ1n) is 8.57. The number of nitrogens with one attached hydrogen (secondary N) is 2. The van der Waals surface area contributed by atoms with Crippen molar-refractivity contribution in [2.45, 2.75) is 0 Å². The van der Waals surface area contributed by atoms with Crippen molar-refractivity contribution in [1.82, 2.24) is 4.90 Å². The third kappa shape index (κ3) is 5.66. The molecule has 0 bridgehead atoms. The van der Waals surface area contributed by atoms with Gasteiger partial charge in [-0.15, -0.1) is 0 Å². The van der Waals surface area contributed by atoms with Crippen LogP contribution in [0.2, 0.25) is 0 Å². The summed E-state index contributed by atoms with van der Waals surface area (Å²) >= 11 is 9.01. The minimum absolute atomic E-state index is 0.821. The van der Waals surface area contributed by atoms with Gasteiger partial charge in [0.25, 0.3) is 0 Å². The van der Waals surface area contributed by atoms with Gasteiger partial charge in [0.15, 0.2) is 5.11 Å². The smallest absolute Gasteiger partial charge is 0.173 e. The number of thiocarbonyl (C=S) groups is 1. The molecule has 130 valence electrons. The monoisotopic (exact) mass is 416 g/mol. The van der Waals surface area contributed by atoms with E-state index in [0.717, 1.165) is 48.0 Å². The Bertz CT molecular complexity index is 707. The quantitative estimate of drug-likeness (QED) is 0.747. The molecule has 1 saturated heterocycles. The number of halogens is 1. The molecule has 1 aliphatic rings. The van der Waals surface area contributed by atoms with Crippen molar-refractivity contribution < 1.29 is 4.90 Å². The summed E-state index contributed by atoms with van der Waals surface area (Å²) in [5.74, 6) is 0. The zero-order valence-corrected chi connectivity index (χ0v) is 16.5. The maximum Gasteiger partial charge on any atom is 0.173 e. The van der Waals surface area contributed by atoms with Crippen LogP contribution in [-0.2, 0) is 0 Å². The number of quaternary nitrogens is 1. The zero-order valence-electron chi connectivity index (χ0n) is 14.1. The average molecular weight is 417 g/mol. The van der Waals surface area contributed by atoms with Crippen LogP contribution in [0.4, 0.5) is 5.69 Å². The van der Waals surface area contributed by atoms with Crippen molar-refractivity contribution in [3.05, 3.63) is 70.7 Å². The highest BCUT2D eigenvalue weighted by molar-refractivity contribution is 9.10. The summed E-state index contributed by atoms with van der Waals surface area (Å²) in [6, 6.07) is 18.6. The lowest BCUT2D eigenvalue weighted by Crippen LogP contribution is -3.14. The van der Waals surface area contributed by atoms with E-state index in [1.165, 1.54) is 5.56 Å². The Kier molecular flexibility index (Phi) is 6.62. The summed E-state index contributed by atoms with van der Waals surface area (Å²) in [6.45, 7) is 5.28. The van der Waals surface area contributed by atoms with Gasteiger partial charge in [-0.05, 0) is 48.1 Å². The molecule has 3 rings (SSSR count). The normalized spacial score (nSPS) is 15.5. The van der Waals surface area contributed by atoms with Gasteiger partial charge in [0.05, 0.1) is 32.7 Å². The Hall–Kier alpha value is -1.69. The SMILES string of the molecule is S=C(Nc1ccc(Br)cc1)N1CC[NH+](C/C=C/c2ccccc2)CC1. The number of piperazine rings is 1. The zero-order chi connectivity index (χ0) is 17.5. The van der Waals surface area contributed by atoms with Gasteiger partial charge < -0.3 is 15.1 Å². The first-order chi connectivity index (χ1) is 12.2. The van der Waals surface area contributed by atoms with E-state index in [1.807, 2.05) is 30.3 Å². The van der Waals surface area contributed by atoms with Crippen molar-refractivity contribution in [3.8, 4) is 0 Å². The molecule has 25 heavy (non-hydrogen) atoms. The molecule has 0 amide bonds. The van der Waals surface area contributed by atoms with Crippen LogP contribution in [0.25, 0.3) is 6.08 Å².